The van der Waals surface area contributed by atoms with E-state index < -0.39 is 11.5 Å². The zero-order valence-electron chi connectivity index (χ0n) is 20.6. The first-order valence-corrected chi connectivity index (χ1v) is 11.9. The number of carboxylic acids is 1. The van der Waals surface area contributed by atoms with E-state index in [1.165, 1.54) is 4.90 Å². The highest BCUT2D eigenvalue weighted by Gasteiger charge is 2.26. The molecule has 0 bridgehead atoms. The van der Waals surface area contributed by atoms with Crippen LogP contribution in [-0.4, -0.2) is 45.4 Å². The maximum Gasteiger partial charge on any atom is 0.307 e. The second-order valence-corrected chi connectivity index (χ2v) is 9.81. The number of amides is 1. The zero-order chi connectivity index (χ0) is 26.9. The van der Waals surface area contributed by atoms with Crippen LogP contribution in [0.4, 0.5) is 11.4 Å². The van der Waals surface area contributed by atoms with Crippen LogP contribution in [0, 0.1) is 0 Å². The number of nitrogens with zero attached hydrogens (tertiary/aromatic N) is 2. The molecule has 0 fully saturated rings. The Hall–Kier alpha value is -4.14. The lowest BCUT2D eigenvalue weighted by Gasteiger charge is -2.25. The first kappa shape index (κ1) is 25.9. The third-order valence-electron chi connectivity index (χ3n) is 5.89. The summed E-state index contributed by atoms with van der Waals surface area (Å²) in [4.78, 5) is 32.9. The summed E-state index contributed by atoms with van der Waals surface area (Å²) in [6.45, 7) is 3.30. The number of halogens is 1. The van der Waals surface area contributed by atoms with Crippen molar-refractivity contribution in [3.05, 3.63) is 88.4 Å². The van der Waals surface area contributed by atoms with E-state index in [0.29, 0.717) is 44.3 Å². The molecule has 1 heterocycles. The molecule has 0 atom stereocenters. The van der Waals surface area contributed by atoms with Gasteiger partial charge in [-0.1, -0.05) is 41.9 Å². The standard InChI is InChI=1S/C28H27ClN4O4/c1-28(2,30)27(37)33(3)20-11-9-19(10-12-20)31-25(17-6-4-16(5-7-17)14-23(34)35)24-21-13-8-18(29)15-22(21)32-26(24)36/h4-13,15,32,36H,14,30H2,1-3H3,(H,34,35). The van der Waals surface area contributed by atoms with Gasteiger partial charge in [0.05, 0.1) is 34.4 Å². The predicted octanol–water partition coefficient (Wildman–Crippen LogP) is 5.02. The lowest BCUT2D eigenvalue weighted by atomic mass is 9.99. The van der Waals surface area contributed by atoms with Crippen molar-refractivity contribution in [2.75, 3.05) is 11.9 Å². The molecule has 0 aliphatic rings. The summed E-state index contributed by atoms with van der Waals surface area (Å²) in [5, 5.41) is 21.2. The summed E-state index contributed by atoms with van der Waals surface area (Å²) in [6.07, 6.45) is -0.100. The smallest absolute Gasteiger partial charge is 0.307 e. The van der Waals surface area contributed by atoms with Crippen LogP contribution in [0.25, 0.3) is 10.9 Å². The average Bonchev–Trinajstić information content (AvgIpc) is 3.16. The van der Waals surface area contributed by atoms with E-state index in [4.69, 9.17) is 27.4 Å². The largest absolute Gasteiger partial charge is 0.494 e. The van der Waals surface area contributed by atoms with Gasteiger partial charge in [-0.05, 0) is 55.8 Å². The Morgan fingerprint density at radius 2 is 1.70 bits per heavy atom. The fourth-order valence-corrected chi connectivity index (χ4v) is 4.22. The lowest BCUT2D eigenvalue weighted by Crippen LogP contribution is -2.49. The third kappa shape index (κ3) is 5.66. The summed E-state index contributed by atoms with van der Waals surface area (Å²) in [7, 11) is 1.66. The van der Waals surface area contributed by atoms with Gasteiger partial charge < -0.3 is 25.8 Å². The molecular formula is C28H27ClN4O4. The van der Waals surface area contributed by atoms with Gasteiger partial charge in [-0.2, -0.15) is 0 Å². The van der Waals surface area contributed by atoms with Crippen LogP contribution in [0.5, 0.6) is 5.88 Å². The average molecular weight is 519 g/mol. The number of H-pyrrole nitrogens is 1. The van der Waals surface area contributed by atoms with Crippen LogP contribution in [0.2, 0.25) is 5.02 Å². The summed E-state index contributed by atoms with van der Waals surface area (Å²) in [5.41, 5.74) is 9.13. The second kappa shape index (κ2) is 10.1. The molecule has 4 rings (SSSR count). The van der Waals surface area contributed by atoms with Gasteiger partial charge in [0, 0.05) is 28.7 Å². The summed E-state index contributed by atoms with van der Waals surface area (Å²) < 4.78 is 0. The number of hydrogen-bond acceptors (Lipinski definition) is 5. The number of likely N-dealkylation sites (N-methyl/N-ethyl adjacent to an activating group) is 1. The number of carbonyl (C=O) groups excluding carboxylic acids is 1. The number of carbonyl (C=O) groups is 2. The number of carboxylic acid groups (broad SMARTS) is 1. The third-order valence-corrected chi connectivity index (χ3v) is 6.13. The molecule has 37 heavy (non-hydrogen) atoms. The highest BCUT2D eigenvalue weighted by molar-refractivity contribution is 6.31. The highest BCUT2D eigenvalue weighted by atomic mass is 35.5. The van der Waals surface area contributed by atoms with Gasteiger partial charge in [0.1, 0.15) is 0 Å². The molecule has 4 aromatic rings. The van der Waals surface area contributed by atoms with E-state index in [9.17, 15) is 14.7 Å². The predicted molar refractivity (Wildman–Crippen MR) is 146 cm³/mol. The Bertz CT molecular complexity index is 1500. The summed E-state index contributed by atoms with van der Waals surface area (Å²) >= 11 is 6.14. The number of nitrogens with one attached hydrogen (secondary N) is 1. The minimum Gasteiger partial charge on any atom is -0.494 e. The summed E-state index contributed by atoms with van der Waals surface area (Å²) in [5.74, 6) is -1.22. The second-order valence-electron chi connectivity index (χ2n) is 9.37. The van der Waals surface area contributed by atoms with E-state index in [0.717, 1.165) is 5.39 Å². The molecule has 190 valence electrons. The van der Waals surface area contributed by atoms with Crippen molar-refractivity contribution >= 4 is 51.5 Å². The van der Waals surface area contributed by atoms with Gasteiger partial charge in [0.2, 0.25) is 5.91 Å². The van der Waals surface area contributed by atoms with E-state index in [1.54, 1.807) is 87.6 Å². The Morgan fingerprint density at radius 1 is 1.05 bits per heavy atom. The van der Waals surface area contributed by atoms with Gasteiger partial charge in [-0.15, -0.1) is 0 Å². The number of aromatic nitrogens is 1. The minimum atomic E-state index is -1.01. The number of rotatable bonds is 7. The fraction of sp³-hybridized carbons (Fsp3) is 0.179. The number of aliphatic carboxylic acids is 1. The normalized spacial score (nSPS) is 12.1. The Labute approximate surface area is 219 Å². The van der Waals surface area contributed by atoms with Gasteiger partial charge in [-0.25, -0.2) is 4.99 Å². The van der Waals surface area contributed by atoms with E-state index >= 15 is 0 Å². The van der Waals surface area contributed by atoms with Crippen molar-refractivity contribution in [1.82, 2.24) is 4.98 Å². The van der Waals surface area contributed by atoms with Crippen LogP contribution in [0.15, 0.2) is 71.7 Å². The molecule has 0 aliphatic carbocycles. The van der Waals surface area contributed by atoms with Crippen LogP contribution in [-0.2, 0) is 16.0 Å². The first-order chi connectivity index (χ1) is 17.4. The SMILES string of the molecule is CN(C(=O)C(C)(C)N)c1ccc(N=C(c2ccc(CC(=O)O)cc2)c2c(O)[nH]c3cc(Cl)ccc23)cc1. The van der Waals surface area contributed by atoms with Gasteiger partial charge in [0.25, 0.3) is 0 Å². The van der Waals surface area contributed by atoms with E-state index in [1.807, 2.05) is 0 Å². The van der Waals surface area contributed by atoms with E-state index in [2.05, 4.69) is 4.98 Å². The molecule has 3 aromatic carbocycles. The molecule has 0 aliphatic heterocycles. The lowest BCUT2D eigenvalue weighted by molar-refractivity contribution is -0.136. The number of aliphatic imine (C=N–C) groups is 1. The topological polar surface area (TPSA) is 132 Å². The monoisotopic (exact) mass is 518 g/mol. The molecule has 0 saturated carbocycles. The number of hydrogen-bond donors (Lipinski definition) is 4. The Morgan fingerprint density at radius 3 is 2.30 bits per heavy atom. The molecule has 1 aromatic heterocycles. The zero-order valence-corrected chi connectivity index (χ0v) is 21.4. The summed E-state index contributed by atoms with van der Waals surface area (Å²) in [6, 6.07) is 19.3. The highest BCUT2D eigenvalue weighted by Crippen LogP contribution is 2.33. The van der Waals surface area contributed by atoms with E-state index in [-0.39, 0.29) is 18.2 Å². The van der Waals surface area contributed by atoms with Crippen molar-refractivity contribution in [1.29, 1.82) is 0 Å². The minimum absolute atomic E-state index is 0.0715. The Kier molecular flexibility index (Phi) is 7.07. The molecule has 1 amide bonds. The van der Waals surface area contributed by atoms with Crippen molar-refractivity contribution in [3.63, 3.8) is 0 Å². The van der Waals surface area contributed by atoms with Crippen molar-refractivity contribution < 1.29 is 19.8 Å². The van der Waals surface area contributed by atoms with Gasteiger partial charge >= 0.3 is 5.97 Å². The maximum absolute atomic E-state index is 12.5. The first-order valence-electron chi connectivity index (χ1n) is 11.5. The molecule has 8 nitrogen and oxygen atoms in total. The van der Waals surface area contributed by atoms with Gasteiger partial charge in [0.15, 0.2) is 5.88 Å². The molecular weight excluding hydrogens is 492 g/mol. The van der Waals surface area contributed by atoms with Crippen LogP contribution in [0.1, 0.15) is 30.5 Å². The van der Waals surface area contributed by atoms with Crippen molar-refractivity contribution in [2.45, 2.75) is 25.8 Å². The number of nitrogens with two attached hydrogens (primary N) is 1. The quantitative estimate of drug-likeness (QED) is 0.255. The van der Waals surface area contributed by atoms with Crippen LogP contribution in [0.3, 0.4) is 0 Å². The Balaban J connectivity index is 1.81. The number of aromatic amines is 1. The molecule has 0 unspecified atom stereocenters. The number of aromatic hydroxyl groups is 1. The van der Waals surface area contributed by atoms with Crippen LogP contribution >= 0.6 is 11.6 Å². The van der Waals surface area contributed by atoms with Crippen LogP contribution < -0.4 is 10.6 Å². The molecule has 5 N–H and O–H groups in total. The molecule has 9 heteroatoms. The number of benzene rings is 3. The number of anilines is 1. The fourth-order valence-electron chi connectivity index (χ4n) is 4.04. The number of fused-ring (bicyclic) bond motifs is 1. The molecule has 0 spiro atoms. The molecule has 0 radical (unpaired) electrons. The van der Waals surface area contributed by atoms with Crippen molar-refractivity contribution in [3.8, 4) is 5.88 Å². The maximum atomic E-state index is 12.5. The molecule has 0 saturated heterocycles. The van der Waals surface area contributed by atoms with Gasteiger partial charge in [-0.3, -0.25) is 9.59 Å². The van der Waals surface area contributed by atoms with Crippen molar-refractivity contribution in [2.24, 2.45) is 10.7 Å².